The number of aliphatic hydroxyl groups is 1. The van der Waals surface area contributed by atoms with Gasteiger partial charge in [0.1, 0.15) is 24.1 Å². The van der Waals surface area contributed by atoms with E-state index in [1.165, 1.54) is 28.2 Å². The summed E-state index contributed by atoms with van der Waals surface area (Å²) in [7, 11) is 1.48. The molecule has 0 aliphatic heterocycles. The van der Waals surface area contributed by atoms with Crippen molar-refractivity contribution in [1.29, 1.82) is 0 Å². The number of carboxylic acids is 1. The Morgan fingerprint density at radius 1 is 1.33 bits per heavy atom. The summed E-state index contributed by atoms with van der Waals surface area (Å²) >= 11 is 7.12. The van der Waals surface area contributed by atoms with Crippen LogP contribution in [0.1, 0.15) is 38.9 Å². The van der Waals surface area contributed by atoms with Gasteiger partial charge < -0.3 is 15.2 Å². The van der Waals surface area contributed by atoms with E-state index in [1.807, 2.05) is 6.07 Å². The van der Waals surface area contributed by atoms with Crippen molar-refractivity contribution in [1.82, 2.24) is 30.2 Å². The fraction of sp³-hybridized carbons (Fsp3) is 0.200. The minimum absolute atomic E-state index is 0.0847. The summed E-state index contributed by atoms with van der Waals surface area (Å²) in [5.41, 5.74) is 2.71. The molecule has 3 N–H and O–H groups in total. The number of thiophene rings is 1. The van der Waals surface area contributed by atoms with Gasteiger partial charge in [-0.15, -0.1) is 16.4 Å². The highest BCUT2D eigenvalue weighted by atomic mass is 35.5. The van der Waals surface area contributed by atoms with Gasteiger partial charge in [-0.3, -0.25) is 4.84 Å². The molecule has 14 heteroatoms. The lowest BCUT2D eigenvalue weighted by Crippen LogP contribution is -2.50. The average Bonchev–Trinajstić information content (AvgIpc) is 3.71. The summed E-state index contributed by atoms with van der Waals surface area (Å²) in [6.07, 6.45) is 3.98. The molecule has 0 radical (unpaired) electrons. The SMILES string of the molecule is CO[n+]1cc(-c2cc(Cl)ccc2-n2cnnn2)cc2c1C(O)(c1nc(C)c(-c3csc(C(=O)O)c3F)[nH]1)CC2. The predicted molar refractivity (Wildman–Crippen MR) is 137 cm³/mol. The topological polar surface area (TPSA) is 143 Å². The molecule has 39 heavy (non-hydrogen) atoms. The van der Waals surface area contributed by atoms with E-state index in [9.17, 15) is 19.4 Å². The Morgan fingerprint density at radius 3 is 2.85 bits per heavy atom. The highest BCUT2D eigenvalue weighted by Gasteiger charge is 2.51. The number of aromatic amines is 1. The molecule has 1 unspecified atom stereocenters. The summed E-state index contributed by atoms with van der Waals surface area (Å²) < 4.78 is 17.8. The lowest BCUT2D eigenvalue weighted by atomic mass is 9.98. The van der Waals surface area contributed by atoms with Gasteiger partial charge in [0.2, 0.25) is 11.8 Å². The van der Waals surface area contributed by atoms with Crippen LogP contribution in [-0.4, -0.2) is 53.5 Å². The number of benzene rings is 1. The molecule has 4 aromatic heterocycles. The Kier molecular flexibility index (Phi) is 5.93. The number of hydrogen-bond acceptors (Lipinski definition) is 8. The Morgan fingerprint density at radius 2 is 2.15 bits per heavy atom. The molecule has 11 nitrogen and oxygen atoms in total. The molecule has 0 bridgehead atoms. The first-order valence-electron chi connectivity index (χ1n) is 11.7. The van der Waals surface area contributed by atoms with Crippen LogP contribution in [0.5, 0.6) is 0 Å². The van der Waals surface area contributed by atoms with Crippen molar-refractivity contribution in [3.63, 3.8) is 0 Å². The van der Waals surface area contributed by atoms with Crippen molar-refractivity contribution in [2.24, 2.45) is 0 Å². The van der Waals surface area contributed by atoms with Gasteiger partial charge in [0.05, 0.1) is 22.6 Å². The van der Waals surface area contributed by atoms with Crippen LogP contribution in [0, 0.1) is 12.7 Å². The van der Waals surface area contributed by atoms with Crippen molar-refractivity contribution in [3.8, 4) is 28.1 Å². The second kappa shape index (κ2) is 9.22. The molecule has 5 aromatic rings. The minimum atomic E-state index is -1.58. The second-order valence-corrected chi connectivity index (χ2v) is 10.3. The van der Waals surface area contributed by atoms with E-state index in [-0.39, 0.29) is 17.8 Å². The van der Waals surface area contributed by atoms with Crippen LogP contribution in [0.15, 0.2) is 42.2 Å². The standard InChI is InChI=1S/C25H19ClFN7O4S/c1-12-20(17-10-39-21(19(17)27)23(35)36)30-24(29-12)25(37)6-5-13-7-14(9-34(38-2)22(13)25)16-8-15(26)3-4-18(16)33-11-28-31-32-33/h3-4,7-11,37H,5-6H2,1-2H3,(H-,29,30,35,36)/p+1. The number of nitrogens with one attached hydrogen (secondary N) is 1. The van der Waals surface area contributed by atoms with E-state index >= 15 is 0 Å². The van der Waals surface area contributed by atoms with Crippen molar-refractivity contribution >= 4 is 28.9 Å². The van der Waals surface area contributed by atoms with E-state index < -0.39 is 22.3 Å². The first kappa shape index (κ1) is 25.1. The fourth-order valence-corrected chi connectivity index (χ4v) is 5.95. The van der Waals surface area contributed by atoms with Gasteiger partial charge in [-0.25, -0.2) is 14.2 Å². The van der Waals surface area contributed by atoms with Gasteiger partial charge in [-0.1, -0.05) is 11.6 Å². The largest absolute Gasteiger partial charge is 0.477 e. The number of nitrogens with zero attached hydrogens (tertiary/aromatic N) is 6. The normalized spacial score (nSPS) is 16.4. The van der Waals surface area contributed by atoms with Crippen LogP contribution in [0.25, 0.3) is 28.1 Å². The third kappa shape index (κ3) is 3.97. The van der Waals surface area contributed by atoms with E-state index in [0.717, 1.165) is 28.0 Å². The third-order valence-corrected chi connectivity index (χ3v) is 7.97. The summed E-state index contributed by atoms with van der Waals surface area (Å²) in [6.45, 7) is 1.67. The molecule has 1 aliphatic rings. The van der Waals surface area contributed by atoms with Gasteiger partial charge >= 0.3 is 5.97 Å². The van der Waals surface area contributed by atoms with E-state index in [4.69, 9.17) is 16.4 Å². The monoisotopic (exact) mass is 568 g/mol. The van der Waals surface area contributed by atoms with Gasteiger partial charge in [0, 0.05) is 31.8 Å². The minimum Gasteiger partial charge on any atom is -0.477 e. The number of carbonyl (C=O) groups is 1. The van der Waals surface area contributed by atoms with Gasteiger partial charge in [0.15, 0.2) is 5.82 Å². The Bertz CT molecular complexity index is 1750. The van der Waals surface area contributed by atoms with Crippen LogP contribution >= 0.6 is 22.9 Å². The van der Waals surface area contributed by atoms with Crippen molar-refractivity contribution < 1.29 is 29.0 Å². The summed E-state index contributed by atoms with van der Waals surface area (Å²) in [4.78, 5) is 24.2. The number of fused-ring (bicyclic) bond motifs is 1. The zero-order valence-electron chi connectivity index (χ0n) is 20.5. The van der Waals surface area contributed by atoms with Crippen LogP contribution in [-0.2, 0) is 12.0 Å². The van der Waals surface area contributed by atoms with Gasteiger partial charge in [0.25, 0.3) is 5.69 Å². The number of pyridine rings is 1. The molecule has 198 valence electrons. The summed E-state index contributed by atoms with van der Waals surface area (Å²) in [5.74, 6) is -1.99. The number of rotatable bonds is 6. The molecular formula is C25H20ClFN7O4S+. The lowest BCUT2D eigenvalue weighted by molar-refractivity contribution is -0.893. The number of aromatic carboxylic acids is 1. The Hall–Kier alpha value is -4.20. The zero-order valence-corrected chi connectivity index (χ0v) is 22.1. The molecule has 4 heterocycles. The smallest absolute Gasteiger partial charge is 0.348 e. The molecule has 0 amide bonds. The highest BCUT2D eigenvalue weighted by Crippen LogP contribution is 2.42. The number of aromatic nitrogens is 7. The maximum atomic E-state index is 14.8. The second-order valence-electron chi connectivity index (χ2n) is 9.03. The van der Waals surface area contributed by atoms with Crippen LogP contribution in [0.3, 0.4) is 0 Å². The molecule has 6 rings (SSSR count). The lowest BCUT2D eigenvalue weighted by Gasteiger charge is -2.18. The zero-order chi connectivity index (χ0) is 27.5. The number of H-pyrrole nitrogens is 1. The maximum Gasteiger partial charge on any atom is 0.348 e. The fourth-order valence-electron chi connectivity index (χ4n) is 5.01. The van der Waals surface area contributed by atoms with E-state index in [2.05, 4.69) is 25.5 Å². The molecule has 1 atom stereocenters. The third-order valence-electron chi connectivity index (χ3n) is 6.79. The number of halogens is 2. The number of imidazole rings is 1. The van der Waals surface area contributed by atoms with E-state index in [1.54, 1.807) is 31.3 Å². The Balaban J connectivity index is 1.46. The summed E-state index contributed by atoms with van der Waals surface area (Å²) in [6, 6.07) is 7.29. The maximum absolute atomic E-state index is 14.8. The van der Waals surface area contributed by atoms with Gasteiger partial charge in [-0.05, 0) is 54.5 Å². The molecular weight excluding hydrogens is 549 g/mol. The first-order chi connectivity index (χ1) is 18.7. The Labute approximate surface area is 229 Å². The van der Waals surface area contributed by atoms with Crippen molar-refractivity contribution in [2.75, 3.05) is 7.11 Å². The van der Waals surface area contributed by atoms with E-state index in [0.29, 0.717) is 34.2 Å². The van der Waals surface area contributed by atoms with Crippen molar-refractivity contribution in [2.45, 2.75) is 25.4 Å². The molecule has 1 aliphatic carbocycles. The van der Waals surface area contributed by atoms with Gasteiger partial charge in [-0.2, -0.15) is 4.68 Å². The summed E-state index contributed by atoms with van der Waals surface area (Å²) in [5, 5.41) is 34.6. The number of aryl methyl sites for hydroxylation is 2. The molecule has 0 saturated heterocycles. The molecule has 0 spiro atoms. The highest BCUT2D eigenvalue weighted by molar-refractivity contribution is 7.12. The van der Waals surface area contributed by atoms with Crippen LogP contribution in [0.2, 0.25) is 5.02 Å². The van der Waals surface area contributed by atoms with Crippen LogP contribution < -0.4 is 9.57 Å². The first-order valence-corrected chi connectivity index (χ1v) is 12.9. The number of tetrazole rings is 1. The number of hydrogen-bond donors (Lipinski definition) is 3. The average molecular weight is 569 g/mol. The predicted octanol–water partition coefficient (Wildman–Crippen LogP) is 3.11. The number of carboxylic acid groups (broad SMARTS) is 1. The molecule has 1 aromatic carbocycles. The van der Waals surface area contributed by atoms with Crippen LogP contribution in [0.4, 0.5) is 4.39 Å². The van der Waals surface area contributed by atoms with Crippen molar-refractivity contribution in [3.05, 3.63) is 80.7 Å². The molecule has 0 fully saturated rings. The molecule has 0 saturated carbocycles. The quantitative estimate of drug-likeness (QED) is 0.265.